The van der Waals surface area contributed by atoms with Crippen LogP contribution in [0.4, 0.5) is 0 Å². The van der Waals surface area contributed by atoms with Crippen molar-refractivity contribution < 1.29 is 9.26 Å². The first kappa shape index (κ1) is 13.5. The summed E-state index contributed by atoms with van der Waals surface area (Å²) in [5.74, 6) is 2.15. The van der Waals surface area contributed by atoms with Gasteiger partial charge in [0, 0.05) is 37.3 Å². The quantitative estimate of drug-likeness (QED) is 0.794. The largest absolute Gasteiger partial charge is 0.497 e. The molecule has 0 aliphatic rings. The Hall–Kier alpha value is -1.95. The van der Waals surface area contributed by atoms with Gasteiger partial charge in [-0.3, -0.25) is 4.98 Å². The third kappa shape index (κ3) is 4.03. The van der Waals surface area contributed by atoms with Crippen molar-refractivity contribution in [3.63, 3.8) is 0 Å². The van der Waals surface area contributed by atoms with Crippen molar-refractivity contribution in [2.45, 2.75) is 26.8 Å². The molecule has 102 valence electrons. The minimum absolute atomic E-state index is 0.653. The number of nitrogens with zero attached hydrogens (tertiary/aromatic N) is 3. The van der Waals surface area contributed by atoms with Gasteiger partial charge in [0.1, 0.15) is 5.75 Å². The van der Waals surface area contributed by atoms with Gasteiger partial charge in [0.25, 0.3) is 0 Å². The van der Waals surface area contributed by atoms with Crippen LogP contribution in [-0.2, 0) is 13.0 Å². The topological polar surface area (TPSA) is 73.1 Å². The molecule has 0 radical (unpaired) electrons. The van der Waals surface area contributed by atoms with Crippen LogP contribution in [0, 0.1) is 13.8 Å². The molecule has 0 unspecified atom stereocenters. The number of aromatic nitrogens is 3. The zero-order valence-corrected chi connectivity index (χ0v) is 11.4. The fourth-order valence-electron chi connectivity index (χ4n) is 1.76. The molecule has 1 N–H and O–H groups in total. The first-order valence-corrected chi connectivity index (χ1v) is 6.19. The van der Waals surface area contributed by atoms with Gasteiger partial charge in [-0.15, -0.1) is 0 Å². The van der Waals surface area contributed by atoms with E-state index < -0.39 is 0 Å². The Labute approximate surface area is 112 Å². The van der Waals surface area contributed by atoms with Crippen LogP contribution >= 0.6 is 0 Å². The van der Waals surface area contributed by atoms with Gasteiger partial charge in [-0.2, -0.15) is 4.98 Å². The fraction of sp³-hybridized carbons (Fsp3) is 0.462. The van der Waals surface area contributed by atoms with Crippen LogP contribution in [0.25, 0.3) is 0 Å². The predicted molar refractivity (Wildman–Crippen MR) is 70.0 cm³/mol. The number of hydrogen-bond acceptors (Lipinski definition) is 6. The highest BCUT2D eigenvalue weighted by molar-refractivity contribution is 5.26. The first-order chi connectivity index (χ1) is 9.17. The monoisotopic (exact) mass is 262 g/mol. The molecule has 2 heterocycles. The van der Waals surface area contributed by atoms with Crippen molar-refractivity contribution in [3.05, 3.63) is 35.2 Å². The molecule has 0 aliphatic heterocycles. The molecule has 0 fully saturated rings. The van der Waals surface area contributed by atoms with E-state index in [4.69, 9.17) is 9.26 Å². The van der Waals surface area contributed by atoms with E-state index in [1.54, 1.807) is 7.11 Å². The summed E-state index contributed by atoms with van der Waals surface area (Å²) in [6.45, 7) is 5.21. The van der Waals surface area contributed by atoms with Gasteiger partial charge >= 0.3 is 0 Å². The zero-order valence-electron chi connectivity index (χ0n) is 11.4. The highest BCUT2D eigenvalue weighted by atomic mass is 16.5. The lowest BCUT2D eigenvalue weighted by molar-refractivity contribution is 0.372. The molecule has 2 aromatic rings. The van der Waals surface area contributed by atoms with Gasteiger partial charge in [-0.1, -0.05) is 5.16 Å². The first-order valence-electron chi connectivity index (χ1n) is 6.19. The van der Waals surface area contributed by atoms with E-state index in [9.17, 15) is 0 Å². The Morgan fingerprint density at radius 1 is 1.26 bits per heavy atom. The van der Waals surface area contributed by atoms with Crippen LogP contribution in [0.1, 0.15) is 23.1 Å². The standard InChI is InChI=1S/C13H18N4O2/c1-9-6-12(18-3)7-11(15-9)8-14-5-4-13-16-10(2)17-19-13/h6-7,14H,4-5,8H2,1-3H3. The maximum atomic E-state index is 5.21. The number of nitrogens with one attached hydrogen (secondary N) is 1. The van der Waals surface area contributed by atoms with Gasteiger partial charge in [-0.05, 0) is 13.8 Å². The van der Waals surface area contributed by atoms with Crippen molar-refractivity contribution in [2.24, 2.45) is 0 Å². The van der Waals surface area contributed by atoms with E-state index >= 15 is 0 Å². The lowest BCUT2D eigenvalue weighted by Gasteiger charge is -2.06. The molecular formula is C13H18N4O2. The van der Waals surface area contributed by atoms with Gasteiger partial charge in [0.15, 0.2) is 5.82 Å². The molecule has 2 rings (SSSR count). The van der Waals surface area contributed by atoms with Crippen molar-refractivity contribution in [1.82, 2.24) is 20.4 Å². The van der Waals surface area contributed by atoms with Crippen LogP contribution in [0.15, 0.2) is 16.7 Å². The number of hydrogen-bond donors (Lipinski definition) is 1. The van der Waals surface area contributed by atoms with E-state index in [1.165, 1.54) is 0 Å². The Bertz CT molecular complexity index is 539. The molecular weight excluding hydrogens is 244 g/mol. The summed E-state index contributed by atoms with van der Waals surface area (Å²) in [7, 11) is 1.66. The molecule has 2 aromatic heterocycles. The Kier molecular flexibility index (Phi) is 4.46. The van der Waals surface area contributed by atoms with Crippen LogP contribution in [0.2, 0.25) is 0 Å². The third-order valence-electron chi connectivity index (χ3n) is 2.61. The smallest absolute Gasteiger partial charge is 0.227 e. The SMILES string of the molecule is COc1cc(C)nc(CNCCc2nc(C)no2)c1. The van der Waals surface area contributed by atoms with Crippen LogP contribution < -0.4 is 10.1 Å². The van der Waals surface area contributed by atoms with Crippen molar-refractivity contribution in [3.8, 4) is 5.75 Å². The Balaban J connectivity index is 1.80. The van der Waals surface area contributed by atoms with Crippen molar-refractivity contribution in [2.75, 3.05) is 13.7 Å². The number of methoxy groups -OCH3 is 1. The van der Waals surface area contributed by atoms with Gasteiger partial charge < -0.3 is 14.6 Å². The summed E-state index contributed by atoms with van der Waals surface area (Å²) in [5, 5.41) is 7.04. The summed E-state index contributed by atoms with van der Waals surface area (Å²) in [4.78, 5) is 8.58. The molecule has 0 amide bonds. The molecule has 6 heteroatoms. The summed E-state index contributed by atoms with van der Waals surface area (Å²) < 4.78 is 10.2. The van der Waals surface area contributed by atoms with Gasteiger partial charge in [0.05, 0.1) is 12.8 Å². The Morgan fingerprint density at radius 3 is 2.79 bits per heavy atom. The molecule has 0 atom stereocenters. The number of aryl methyl sites for hydroxylation is 2. The molecule has 0 bridgehead atoms. The molecule has 19 heavy (non-hydrogen) atoms. The zero-order chi connectivity index (χ0) is 13.7. The van der Waals surface area contributed by atoms with Gasteiger partial charge in [0.2, 0.25) is 5.89 Å². The second kappa shape index (κ2) is 6.29. The van der Waals surface area contributed by atoms with Crippen molar-refractivity contribution in [1.29, 1.82) is 0 Å². The highest BCUT2D eigenvalue weighted by Gasteiger charge is 2.03. The summed E-state index contributed by atoms with van der Waals surface area (Å²) >= 11 is 0. The minimum atomic E-state index is 0.653. The second-order valence-electron chi connectivity index (χ2n) is 4.30. The summed E-state index contributed by atoms with van der Waals surface area (Å²) in [6.07, 6.45) is 0.712. The maximum Gasteiger partial charge on any atom is 0.227 e. The molecule has 0 saturated heterocycles. The average Bonchev–Trinajstić information content (AvgIpc) is 2.80. The molecule has 6 nitrogen and oxygen atoms in total. The van der Waals surface area contributed by atoms with E-state index in [-0.39, 0.29) is 0 Å². The van der Waals surface area contributed by atoms with E-state index in [2.05, 4.69) is 20.4 Å². The third-order valence-corrected chi connectivity index (χ3v) is 2.61. The van der Waals surface area contributed by atoms with E-state index in [0.29, 0.717) is 24.7 Å². The van der Waals surface area contributed by atoms with Crippen molar-refractivity contribution >= 4 is 0 Å². The van der Waals surface area contributed by atoms with Crippen LogP contribution in [0.3, 0.4) is 0 Å². The highest BCUT2D eigenvalue weighted by Crippen LogP contribution is 2.12. The fourth-order valence-corrected chi connectivity index (χ4v) is 1.76. The number of ether oxygens (including phenoxy) is 1. The molecule has 0 saturated carbocycles. The summed E-state index contributed by atoms with van der Waals surface area (Å²) in [5.41, 5.74) is 1.90. The van der Waals surface area contributed by atoms with E-state index in [0.717, 1.165) is 23.7 Å². The van der Waals surface area contributed by atoms with E-state index in [1.807, 2.05) is 26.0 Å². The number of rotatable bonds is 6. The molecule has 0 aliphatic carbocycles. The Morgan fingerprint density at radius 2 is 2.11 bits per heavy atom. The number of pyridine rings is 1. The average molecular weight is 262 g/mol. The summed E-state index contributed by atoms with van der Waals surface area (Å²) in [6, 6.07) is 3.83. The van der Waals surface area contributed by atoms with Crippen LogP contribution in [0.5, 0.6) is 5.75 Å². The van der Waals surface area contributed by atoms with Gasteiger partial charge in [-0.25, -0.2) is 0 Å². The molecule has 0 aromatic carbocycles. The second-order valence-corrected chi connectivity index (χ2v) is 4.30. The molecule has 0 spiro atoms. The predicted octanol–water partition coefficient (Wildman–Crippen LogP) is 1.42. The maximum absolute atomic E-state index is 5.21. The lowest BCUT2D eigenvalue weighted by atomic mass is 10.3. The normalized spacial score (nSPS) is 10.7. The lowest BCUT2D eigenvalue weighted by Crippen LogP contribution is -2.17. The minimum Gasteiger partial charge on any atom is -0.497 e. The van der Waals surface area contributed by atoms with Crippen LogP contribution in [-0.4, -0.2) is 28.8 Å².